The summed E-state index contributed by atoms with van der Waals surface area (Å²) < 4.78 is 1.72. The van der Waals surface area contributed by atoms with Crippen LogP contribution in [0.5, 0.6) is 0 Å². The van der Waals surface area contributed by atoms with E-state index in [2.05, 4.69) is 20.6 Å². The van der Waals surface area contributed by atoms with E-state index in [1.807, 2.05) is 6.92 Å². The average molecular weight is 220 g/mol. The molecule has 0 radical (unpaired) electrons. The van der Waals surface area contributed by atoms with Gasteiger partial charge in [-0.15, -0.1) is 0 Å². The molecule has 4 N–H and O–H groups in total. The minimum Gasteiger partial charge on any atom is -0.382 e. The van der Waals surface area contributed by atoms with Crippen LogP contribution >= 0.6 is 0 Å². The van der Waals surface area contributed by atoms with E-state index in [0.717, 1.165) is 6.54 Å². The monoisotopic (exact) mass is 220 g/mol. The van der Waals surface area contributed by atoms with Gasteiger partial charge in [-0.25, -0.2) is 0 Å². The van der Waals surface area contributed by atoms with Crippen molar-refractivity contribution < 1.29 is 4.79 Å². The molecule has 0 atom stereocenters. The number of carbonyl (C=O) groups is 1. The van der Waals surface area contributed by atoms with Gasteiger partial charge in [0.1, 0.15) is 11.5 Å². The summed E-state index contributed by atoms with van der Waals surface area (Å²) in [6.07, 6.45) is 1.79. The molecule has 0 aliphatic carbocycles. The minimum atomic E-state index is -0.314. The number of amides is 1. The molecule has 0 aliphatic rings. The highest BCUT2D eigenvalue weighted by molar-refractivity contribution is 6.02. The molecule has 0 spiro atoms. The Morgan fingerprint density at radius 3 is 3.06 bits per heavy atom. The van der Waals surface area contributed by atoms with Crippen LogP contribution in [-0.2, 0) is 6.54 Å². The van der Waals surface area contributed by atoms with E-state index in [9.17, 15) is 4.79 Å². The van der Waals surface area contributed by atoms with Gasteiger partial charge in [0, 0.05) is 24.9 Å². The summed E-state index contributed by atoms with van der Waals surface area (Å²) in [6, 6.07) is 3.19. The van der Waals surface area contributed by atoms with Crippen molar-refractivity contribution in [2.45, 2.75) is 13.5 Å². The fourth-order valence-corrected chi connectivity index (χ4v) is 1.24. The molecule has 0 bridgehead atoms. The largest absolute Gasteiger partial charge is 0.382 e. The number of aryl methyl sites for hydroxylation is 1. The molecule has 2 aromatic heterocycles. The van der Waals surface area contributed by atoms with E-state index in [0.29, 0.717) is 11.5 Å². The number of anilines is 2. The Balaban J connectivity index is 2.07. The fourth-order valence-electron chi connectivity index (χ4n) is 1.24. The number of nitrogens with two attached hydrogens (primary N) is 1. The first-order chi connectivity index (χ1) is 7.69. The lowest BCUT2D eigenvalue weighted by Crippen LogP contribution is -2.13. The lowest BCUT2D eigenvalue weighted by molar-refractivity contribution is 0.102. The first kappa shape index (κ1) is 10.2. The summed E-state index contributed by atoms with van der Waals surface area (Å²) >= 11 is 0. The topological polar surface area (TPSA) is 102 Å². The van der Waals surface area contributed by atoms with Gasteiger partial charge < -0.3 is 11.1 Å². The van der Waals surface area contributed by atoms with Gasteiger partial charge in [0.15, 0.2) is 5.82 Å². The summed E-state index contributed by atoms with van der Waals surface area (Å²) in [7, 11) is 0. The molecular formula is C9H12N6O. The second kappa shape index (κ2) is 4.05. The lowest BCUT2D eigenvalue weighted by atomic mass is 10.4. The maximum atomic E-state index is 11.6. The molecule has 7 heteroatoms. The maximum absolute atomic E-state index is 11.6. The van der Waals surface area contributed by atoms with Crippen molar-refractivity contribution in [2.75, 3.05) is 11.1 Å². The third-order valence-electron chi connectivity index (χ3n) is 2.05. The van der Waals surface area contributed by atoms with E-state index in [-0.39, 0.29) is 11.7 Å². The molecule has 0 fully saturated rings. The van der Waals surface area contributed by atoms with E-state index in [1.54, 1.807) is 16.9 Å². The molecule has 0 saturated heterocycles. The van der Waals surface area contributed by atoms with Crippen molar-refractivity contribution in [3.63, 3.8) is 0 Å². The van der Waals surface area contributed by atoms with Gasteiger partial charge in [-0.3, -0.25) is 14.6 Å². The SMILES string of the molecule is CCn1ccc(NC(=O)c2cc(N)n[nH]2)n1. The number of hydrogen-bond acceptors (Lipinski definition) is 4. The molecule has 0 saturated carbocycles. The van der Waals surface area contributed by atoms with Crippen molar-refractivity contribution in [2.24, 2.45) is 0 Å². The van der Waals surface area contributed by atoms with Crippen LogP contribution in [0.3, 0.4) is 0 Å². The molecule has 84 valence electrons. The number of H-pyrrole nitrogens is 1. The summed E-state index contributed by atoms with van der Waals surface area (Å²) in [5.74, 6) is 0.467. The van der Waals surface area contributed by atoms with Crippen LogP contribution in [0.25, 0.3) is 0 Å². The van der Waals surface area contributed by atoms with Crippen LogP contribution < -0.4 is 11.1 Å². The van der Waals surface area contributed by atoms with Crippen LogP contribution in [0, 0.1) is 0 Å². The molecule has 16 heavy (non-hydrogen) atoms. The van der Waals surface area contributed by atoms with Crippen LogP contribution in [-0.4, -0.2) is 25.9 Å². The molecule has 2 heterocycles. The Bertz CT molecular complexity index is 500. The first-order valence-electron chi connectivity index (χ1n) is 4.84. The molecule has 0 unspecified atom stereocenters. The number of nitrogens with one attached hydrogen (secondary N) is 2. The second-order valence-corrected chi connectivity index (χ2v) is 3.22. The van der Waals surface area contributed by atoms with Crippen LogP contribution in [0.1, 0.15) is 17.4 Å². The minimum absolute atomic E-state index is 0.282. The zero-order valence-electron chi connectivity index (χ0n) is 8.77. The van der Waals surface area contributed by atoms with Gasteiger partial charge in [0.25, 0.3) is 5.91 Å². The van der Waals surface area contributed by atoms with Gasteiger partial charge >= 0.3 is 0 Å². The van der Waals surface area contributed by atoms with Crippen LogP contribution in [0.15, 0.2) is 18.3 Å². The van der Waals surface area contributed by atoms with E-state index < -0.39 is 0 Å². The standard InChI is InChI=1S/C9H12N6O/c1-2-15-4-3-8(14-15)11-9(16)6-5-7(10)13-12-6/h3-5H,2H2,1H3,(H3,10,12,13)(H,11,14,16). The number of nitrogens with zero attached hydrogens (tertiary/aromatic N) is 3. The van der Waals surface area contributed by atoms with Gasteiger partial charge in [-0.2, -0.15) is 10.2 Å². The quantitative estimate of drug-likeness (QED) is 0.699. The molecule has 0 aliphatic heterocycles. The van der Waals surface area contributed by atoms with Gasteiger partial charge in [-0.05, 0) is 6.92 Å². The predicted molar refractivity (Wildman–Crippen MR) is 58.9 cm³/mol. The normalized spacial score (nSPS) is 10.3. The highest BCUT2D eigenvalue weighted by atomic mass is 16.2. The average Bonchev–Trinajstić information content (AvgIpc) is 2.87. The summed E-state index contributed by atoms with van der Waals surface area (Å²) in [5, 5.41) is 12.9. The Hall–Kier alpha value is -2.31. The highest BCUT2D eigenvalue weighted by Crippen LogP contribution is 2.06. The van der Waals surface area contributed by atoms with Gasteiger partial charge in [-0.1, -0.05) is 0 Å². The molecule has 0 aromatic carbocycles. The van der Waals surface area contributed by atoms with Gasteiger partial charge in [0.2, 0.25) is 0 Å². The van der Waals surface area contributed by atoms with E-state index >= 15 is 0 Å². The Labute approximate surface area is 91.6 Å². The maximum Gasteiger partial charge on any atom is 0.274 e. The second-order valence-electron chi connectivity index (χ2n) is 3.22. The van der Waals surface area contributed by atoms with Crippen LogP contribution in [0.2, 0.25) is 0 Å². The van der Waals surface area contributed by atoms with Crippen molar-refractivity contribution >= 4 is 17.5 Å². The molecule has 7 nitrogen and oxygen atoms in total. The lowest BCUT2D eigenvalue weighted by Gasteiger charge is -1.98. The molecule has 1 amide bonds. The number of hydrogen-bond donors (Lipinski definition) is 3. The number of aromatic nitrogens is 4. The summed E-state index contributed by atoms with van der Waals surface area (Å²) in [5.41, 5.74) is 5.70. The number of aromatic amines is 1. The van der Waals surface area contributed by atoms with Crippen molar-refractivity contribution in [1.82, 2.24) is 20.0 Å². The number of rotatable bonds is 3. The van der Waals surface area contributed by atoms with Crippen molar-refractivity contribution in [3.8, 4) is 0 Å². The highest BCUT2D eigenvalue weighted by Gasteiger charge is 2.10. The Morgan fingerprint density at radius 1 is 1.69 bits per heavy atom. The molecule has 2 rings (SSSR count). The van der Waals surface area contributed by atoms with Gasteiger partial charge in [0.05, 0.1) is 0 Å². The fraction of sp³-hybridized carbons (Fsp3) is 0.222. The van der Waals surface area contributed by atoms with Crippen molar-refractivity contribution in [1.29, 1.82) is 0 Å². The third kappa shape index (κ3) is 2.02. The van der Waals surface area contributed by atoms with E-state index in [1.165, 1.54) is 6.07 Å². The Morgan fingerprint density at radius 2 is 2.50 bits per heavy atom. The number of carbonyl (C=O) groups excluding carboxylic acids is 1. The van der Waals surface area contributed by atoms with Crippen LogP contribution in [0.4, 0.5) is 11.6 Å². The van der Waals surface area contributed by atoms with Crippen molar-refractivity contribution in [3.05, 3.63) is 24.0 Å². The zero-order chi connectivity index (χ0) is 11.5. The first-order valence-corrected chi connectivity index (χ1v) is 4.84. The third-order valence-corrected chi connectivity index (χ3v) is 2.05. The predicted octanol–water partition coefficient (Wildman–Crippen LogP) is 0.461. The summed E-state index contributed by atoms with van der Waals surface area (Å²) in [4.78, 5) is 11.6. The molecule has 2 aromatic rings. The van der Waals surface area contributed by atoms with E-state index in [4.69, 9.17) is 5.73 Å². The number of nitrogen functional groups attached to an aromatic ring is 1. The Kier molecular flexibility index (Phi) is 2.59. The summed E-state index contributed by atoms with van der Waals surface area (Å²) in [6.45, 7) is 2.72. The molecular weight excluding hydrogens is 208 g/mol. The zero-order valence-corrected chi connectivity index (χ0v) is 8.77. The smallest absolute Gasteiger partial charge is 0.274 e.